The summed E-state index contributed by atoms with van der Waals surface area (Å²) in [6.45, 7) is 2.34. The van der Waals surface area contributed by atoms with Gasteiger partial charge < -0.3 is 20.9 Å². The molecule has 0 saturated heterocycles. The second-order valence-electron chi connectivity index (χ2n) is 3.75. The smallest absolute Gasteiger partial charge is 0.181 e. The molecule has 0 saturated carbocycles. The molecule has 6 N–H and O–H groups in total. The Hall–Kier alpha value is -2.38. The van der Waals surface area contributed by atoms with Crippen molar-refractivity contribution in [3.8, 4) is 11.5 Å². The molecule has 0 radical (unpaired) electrons. The molecule has 1 atom stereocenters. The van der Waals surface area contributed by atoms with E-state index in [4.69, 9.17) is 20.9 Å². The molecule has 2 aromatic rings. The number of rotatable bonds is 6. The van der Waals surface area contributed by atoms with E-state index in [0.29, 0.717) is 29.7 Å². The van der Waals surface area contributed by atoms with Crippen LogP contribution in [0.3, 0.4) is 0 Å². The Morgan fingerprint density at radius 3 is 2.28 bits per heavy atom. The van der Waals surface area contributed by atoms with Gasteiger partial charge >= 0.3 is 0 Å². The van der Waals surface area contributed by atoms with E-state index in [0.717, 1.165) is 6.42 Å². The molecule has 98 valence electrons. The monoisotopic (exact) mass is 252 g/mol. The van der Waals surface area contributed by atoms with Crippen LogP contribution in [0.2, 0.25) is 0 Å². The highest BCUT2D eigenvalue weighted by molar-refractivity contribution is 5.44. The third kappa shape index (κ3) is 2.65. The van der Waals surface area contributed by atoms with Gasteiger partial charge in [-0.15, -0.1) is 0 Å². The van der Waals surface area contributed by atoms with E-state index >= 15 is 0 Å². The molecule has 2 aromatic heterocycles. The molecule has 0 aliphatic carbocycles. The van der Waals surface area contributed by atoms with E-state index in [1.165, 1.54) is 12.4 Å². The first-order valence-corrected chi connectivity index (χ1v) is 5.57. The van der Waals surface area contributed by atoms with Gasteiger partial charge in [0.25, 0.3) is 0 Å². The van der Waals surface area contributed by atoms with Gasteiger partial charge in [-0.25, -0.2) is 0 Å². The summed E-state index contributed by atoms with van der Waals surface area (Å²) in [6.07, 6.45) is 3.68. The predicted octanol–water partition coefficient (Wildman–Crippen LogP) is 0.534. The SMILES string of the molecule is CCC(COc1cn[nH]c1N)Oc1cn[nH]c1N. The van der Waals surface area contributed by atoms with Crippen molar-refractivity contribution in [2.45, 2.75) is 19.4 Å². The average molecular weight is 252 g/mol. The zero-order valence-corrected chi connectivity index (χ0v) is 10.0. The molecule has 8 nitrogen and oxygen atoms in total. The molecule has 0 aliphatic heterocycles. The molecule has 0 bridgehead atoms. The van der Waals surface area contributed by atoms with Gasteiger partial charge in [-0.1, -0.05) is 6.92 Å². The van der Waals surface area contributed by atoms with Crippen LogP contribution in [-0.4, -0.2) is 33.1 Å². The van der Waals surface area contributed by atoms with Crippen molar-refractivity contribution in [1.82, 2.24) is 20.4 Å². The van der Waals surface area contributed by atoms with Gasteiger partial charge in [0.15, 0.2) is 23.1 Å². The molecule has 0 aliphatic rings. The highest BCUT2D eigenvalue weighted by atomic mass is 16.5. The Labute approximate surface area is 104 Å². The topological polar surface area (TPSA) is 128 Å². The first kappa shape index (κ1) is 12.1. The third-order valence-corrected chi connectivity index (χ3v) is 2.44. The van der Waals surface area contributed by atoms with Crippen LogP contribution < -0.4 is 20.9 Å². The molecule has 2 heterocycles. The quantitative estimate of drug-likeness (QED) is 0.593. The van der Waals surface area contributed by atoms with Crippen molar-refractivity contribution < 1.29 is 9.47 Å². The molecule has 8 heteroatoms. The van der Waals surface area contributed by atoms with Gasteiger partial charge in [0, 0.05) is 0 Å². The van der Waals surface area contributed by atoms with Crippen molar-refractivity contribution in [1.29, 1.82) is 0 Å². The van der Waals surface area contributed by atoms with E-state index in [1.807, 2.05) is 6.92 Å². The summed E-state index contributed by atoms with van der Waals surface area (Å²) in [5.74, 6) is 1.83. The first-order valence-electron chi connectivity index (χ1n) is 5.57. The van der Waals surface area contributed by atoms with Crippen LogP contribution in [0.15, 0.2) is 12.4 Å². The number of anilines is 2. The standard InChI is InChI=1S/C10H16N6O2/c1-2-6(18-8-4-14-16-10(8)12)5-17-7-3-13-15-9(7)11/h3-4,6H,2,5H2,1H3,(H3,11,13,15)(H3,12,14,16). The van der Waals surface area contributed by atoms with Crippen molar-refractivity contribution >= 4 is 11.6 Å². The second kappa shape index (κ2) is 5.30. The van der Waals surface area contributed by atoms with E-state index in [2.05, 4.69) is 20.4 Å². The maximum absolute atomic E-state index is 5.66. The number of ether oxygens (including phenoxy) is 2. The average Bonchev–Trinajstić information content (AvgIpc) is 2.94. The lowest BCUT2D eigenvalue weighted by atomic mass is 10.3. The zero-order valence-electron chi connectivity index (χ0n) is 10.0. The fourth-order valence-electron chi connectivity index (χ4n) is 1.38. The zero-order chi connectivity index (χ0) is 13.0. The largest absolute Gasteiger partial charge is 0.484 e. The number of aromatic nitrogens is 4. The highest BCUT2D eigenvalue weighted by Gasteiger charge is 2.13. The molecule has 18 heavy (non-hydrogen) atoms. The number of nitrogens with zero attached hydrogens (tertiary/aromatic N) is 2. The molecule has 0 spiro atoms. The number of nitrogen functional groups attached to an aromatic ring is 2. The minimum Gasteiger partial charge on any atom is -0.484 e. The van der Waals surface area contributed by atoms with Crippen molar-refractivity contribution in [2.24, 2.45) is 0 Å². The molecule has 0 amide bonds. The van der Waals surface area contributed by atoms with Crippen molar-refractivity contribution in [2.75, 3.05) is 18.1 Å². The normalized spacial score (nSPS) is 12.3. The van der Waals surface area contributed by atoms with Crippen LogP contribution in [0.1, 0.15) is 13.3 Å². The summed E-state index contributed by atoms with van der Waals surface area (Å²) in [7, 11) is 0. The van der Waals surface area contributed by atoms with Crippen molar-refractivity contribution in [3.63, 3.8) is 0 Å². The van der Waals surface area contributed by atoms with Gasteiger partial charge in [-0.3, -0.25) is 10.2 Å². The lowest BCUT2D eigenvalue weighted by Crippen LogP contribution is -2.24. The predicted molar refractivity (Wildman–Crippen MR) is 66.2 cm³/mol. The summed E-state index contributed by atoms with van der Waals surface area (Å²) in [6, 6.07) is 0. The maximum Gasteiger partial charge on any atom is 0.181 e. The molecular formula is C10H16N6O2. The van der Waals surface area contributed by atoms with E-state index in [9.17, 15) is 0 Å². The highest BCUT2D eigenvalue weighted by Crippen LogP contribution is 2.21. The summed E-state index contributed by atoms with van der Waals surface area (Å²) in [5.41, 5.74) is 11.2. The lowest BCUT2D eigenvalue weighted by molar-refractivity contribution is 0.126. The van der Waals surface area contributed by atoms with Crippen LogP contribution in [0.5, 0.6) is 11.5 Å². The molecule has 1 unspecified atom stereocenters. The Morgan fingerprint density at radius 1 is 1.17 bits per heavy atom. The second-order valence-corrected chi connectivity index (χ2v) is 3.75. The minimum atomic E-state index is -0.140. The Bertz CT molecular complexity index is 494. The van der Waals surface area contributed by atoms with Gasteiger partial charge in [0.2, 0.25) is 0 Å². The number of nitrogens with one attached hydrogen (secondary N) is 2. The Kier molecular flexibility index (Phi) is 3.56. The summed E-state index contributed by atoms with van der Waals surface area (Å²) >= 11 is 0. The molecule has 2 rings (SSSR count). The van der Waals surface area contributed by atoms with Gasteiger partial charge in [-0.05, 0) is 6.42 Å². The minimum absolute atomic E-state index is 0.140. The van der Waals surface area contributed by atoms with Gasteiger partial charge in [-0.2, -0.15) is 10.2 Å². The molecule has 0 aromatic carbocycles. The Morgan fingerprint density at radius 2 is 1.78 bits per heavy atom. The first-order chi connectivity index (χ1) is 8.70. The van der Waals surface area contributed by atoms with E-state index in [-0.39, 0.29) is 6.10 Å². The third-order valence-electron chi connectivity index (χ3n) is 2.44. The van der Waals surface area contributed by atoms with Crippen LogP contribution in [-0.2, 0) is 0 Å². The van der Waals surface area contributed by atoms with Crippen LogP contribution in [0, 0.1) is 0 Å². The van der Waals surface area contributed by atoms with Gasteiger partial charge in [0.05, 0.1) is 12.4 Å². The summed E-state index contributed by atoms with van der Waals surface area (Å²) in [4.78, 5) is 0. The number of hydrogen-bond donors (Lipinski definition) is 4. The Balaban J connectivity index is 1.90. The number of H-pyrrole nitrogens is 2. The fourth-order valence-corrected chi connectivity index (χ4v) is 1.38. The fraction of sp³-hybridized carbons (Fsp3) is 0.400. The maximum atomic E-state index is 5.66. The van der Waals surface area contributed by atoms with E-state index in [1.54, 1.807) is 0 Å². The van der Waals surface area contributed by atoms with Gasteiger partial charge in [0.1, 0.15) is 12.7 Å². The van der Waals surface area contributed by atoms with Crippen LogP contribution in [0.4, 0.5) is 11.6 Å². The van der Waals surface area contributed by atoms with Crippen LogP contribution in [0.25, 0.3) is 0 Å². The van der Waals surface area contributed by atoms with Crippen molar-refractivity contribution in [3.05, 3.63) is 12.4 Å². The number of hydrogen-bond acceptors (Lipinski definition) is 6. The lowest BCUT2D eigenvalue weighted by Gasteiger charge is -2.16. The number of nitrogens with two attached hydrogens (primary N) is 2. The van der Waals surface area contributed by atoms with E-state index < -0.39 is 0 Å². The summed E-state index contributed by atoms with van der Waals surface area (Å²) < 4.78 is 11.2. The van der Waals surface area contributed by atoms with Crippen LogP contribution >= 0.6 is 0 Å². The molecule has 0 fully saturated rings. The summed E-state index contributed by atoms with van der Waals surface area (Å²) in [5, 5.41) is 12.7. The molecular weight excluding hydrogens is 236 g/mol. The number of aromatic amines is 2.